The Hall–Kier alpha value is -1.67. The monoisotopic (exact) mass is 341 g/mol. The zero-order valence-electron chi connectivity index (χ0n) is 13.7. The Morgan fingerprint density at radius 3 is 2.65 bits per heavy atom. The Balaban J connectivity index is 2.14. The van der Waals surface area contributed by atoms with Gasteiger partial charge < -0.3 is 9.88 Å². The molecule has 1 aromatic rings. The first-order valence-electron chi connectivity index (χ1n) is 7.65. The van der Waals surface area contributed by atoms with Crippen molar-refractivity contribution in [3.8, 4) is 0 Å². The number of carbonyl (C=O) groups is 1. The van der Waals surface area contributed by atoms with Gasteiger partial charge >= 0.3 is 0 Å². The van der Waals surface area contributed by atoms with Crippen LogP contribution >= 0.6 is 0 Å². The van der Waals surface area contributed by atoms with Crippen LogP contribution in [-0.2, 0) is 17.1 Å². The maximum Gasteiger partial charge on any atom is 0.251 e. The van der Waals surface area contributed by atoms with Crippen LogP contribution in [0.2, 0.25) is 0 Å². The quantitative estimate of drug-likeness (QED) is 0.827. The van der Waals surface area contributed by atoms with Gasteiger partial charge in [0.1, 0.15) is 0 Å². The minimum Gasteiger partial charge on any atom is -0.348 e. The number of aromatic nitrogens is 1. The summed E-state index contributed by atoms with van der Waals surface area (Å²) in [5.74, 6) is -0.255. The normalized spacial score (nSPS) is 22.2. The van der Waals surface area contributed by atoms with Gasteiger partial charge in [-0.1, -0.05) is 13.3 Å². The van der Waals surface area contributed by atoms with Crippen LogP contribution in [0.5, 0.6) is 0 Å². The molecule has 0 aromatic carbocycles. The summed E-state index contributed by atoms with van der Waals surface area (Å²) in [6, 6.07) is 2.63. The highest BCUT2D eigenvalue weighted by Crippen LogP contribution is 2.24. The van der Waals surface area contributed by atoms with Gasteiger partial charge in [0.15, 0.2) is 0 Å². The first kappa shape index (κ1) is 17.7. The van der Waals surface area contributed by atoms with E-state index in [0.717, 1.165) is 12.8 Å². The molecular formula is C15H23N3O4S. The van der Waals surface area contributed by atoms with Gasteiger partial charge in [-0.15, -0.1) is 0 Å². The summed E-state index contributed by atoms with van der Waals surface area (Å²) < 4.78 is 26.3. The Morgan fingerprint density at radius 2 is 2.09 bits per heavy atom. The van der Waals surface area contributed by atoms with Crippen LogP contribution in [-0.4, -0.2) is 48.6 Å². The maximum atomic E-state index is 12.3. The number of amides is 1. The van der Waals surface area contributed by atoms with Crippen molar-refractivity contribution < 1.29 is 13.2 Å². The number of aryl methyl sites for hydroxylation is 1. The summed E-state index contributed by atoms with van der Waals surface area (Å²) in [5.41, 5.74) is 0.0353. The molecule has 1 saturated heterocycles. The molecule has 0 aliphatic carbocycles. The maximum absolute atomic E-state index is 12.3. The third-order valence-electron chi connectivity index (χ3n) is 4.22. The summed E-state index contributed by atoms with van der Waals surface area (Å²) in [6.45, 7) is 2.73. The molecular weight excluding hydrogens is 318 g/mol. The Morgan fingerprint density at radius 1 is 1.39 bits per heavy atom. The zero-order valence-corrected chi connectivity index (χ0v) is 14.5. The van der Waals surface area contributed by atoms with Gasteiger partial charge in [-0.3, -0.25) is 9.59 Å². The molecule has 1 aliphatic heterocycles. The minimum atomic E-state index is -3.27. The fraction of sp³-hybridized carbons (Fsp3) is 0.600. The molecule has 23 heavy (non-hydrogen) atoms. The van der Waals surface area contributed by atoms with Crippen molar-refractivity contribution in [1.82, 2.24) is 14.2 Å². The lowest BCUT2D eigenvalue weighted by Gasteiger charge is -2.19. The molecule has 0 bridgehead atoms. The average Bonchev–Trinajstić information content (AvgIpc) is 2.85. The van der Waals surface area contributed by atoms with Crippen LogP contribution in [0.25, 0.3) is 0 Å². The van der Waals surface area contributed by atoms with E-state index in [1.54, 1.807) is 13.1 Å². The van der Waals surface area contributed by atoms with E-state index in [4.69, 9.17) is 0 Å². The molecule has 1 fully saturated rings. The molecule has 7 nitrogen and oxygen atoms in total. The summed E-state index contributed by atoms with van der Waals surface area (Å²) in [5, 5.41) is 2.89. The fourth-order valence-corrected chi connectivity index (χ4v) is 3.76. The molecule has 2 heterocycles. The molecule has 2 rings (SSSR count). The molecule has 0 saturated carbocycles. The second-order valence-corrected chi connectivity index (χ2v) is 8.06. The summed E-state index contributed by atoms with van der Waals surface area (Å²) in [4.78, 5) is 24.0. The number of nitrogens with one attached hydrogen (secondary N) is 1. The van der Waals surface area contributed by atoms with Crippen molar-refractivity contribution in [2.45, 2.75) is 25.8 Å². The smallest absolute Gasteiger partial charge is 0.251 e. The number of nitrogens with zero attached hydrogens (tertiary/aromatic N) is 2. The number of carbonyl (C=O) groups excluding carboxylic acids is 1. The van der Waals surface area contributed by atoms with Crippen LogP contribution < -0.4 is 10.9 Å². The summed E-state index contributed by atoms with van der Waals surface area (Å²) in [7, 11) is -1.66. The summed E-state index contributed by atoms with van der Waals surface area (Å²) in [6.07, 6.45) is 4.48. The zero-order chi connectivity index (χ0) is 17.2. The van der Waals surface area contributed by atoms with Crippen molar-refractivity contribution in [2.75, 3.05) is 19.3 Å². The number of pyridine rings is 1. The van der Waals surface area contributed by atoms with E-state index in [1.807, 2.05) is 6.92 Å². The number of sulfonamides is 1. The first-order chi connectivity index (χ1) is 10.7. The largest absolute Gasteiger partial charge is 0.348 e. The van der Waals surface area contributed by atoms with Crippen LogP contribution in [0.15, 0.2) is 23.1 Å². The SMILES string of the molecule is CCCC1CN(S(C)(=O)=O)CC1NC(=O)c1ccn(C)c(=O)c1. The van der Waals surface area contributed by atoms with E-state index in [1.165, 1.54) is 27.4 Å². The van der Waals surface area contributed by atoms with Gasteiger partial charge in [-0.2, -0.15) is 4.31 Å². The fourth-order valence-electron chi connectivity index (χ4n) is 2.87. The van der Waals surface area contributed by atoms with Crippen molar-refractivity contribution in [3.05, 3.63) is 34.2 Å². The van der Waals surface area contributed by atoms with Gasteiger partial charge in [-0.05, 0) is 18.4 Å². The van der Waals surface area contributed by atoms with Gasteiger partial charge in [0.2, 0.25) is 10.0 Å². The van der Waals surface area contributed by atoms with Gasteiger partial charge in [0.05, 0.1) is 6.26 Å². The highest BCUT2D eigenvalue weighted by Gasteiger charge is 2.37. The van der Waals surface area contributed by atoms with Crippen LogP contribution in [0.3, 0.4) is 0 Å². The Labute approximate surface area is 136 Å². The van der Waals surface area contributed by atoms with Crippen molar-refractivity contribution in [3.63, 3.8) is 0 Å². The average molecular weight is 341 g/mol. The van der Waals surface area contributed by atoms with E-state index in [0.29, 0.717) is 12.1 Å². The number of hydrogen-bond acceptors (Lipinski definition) is 4. The second-order valence-electron chi connectivity index (χ2n) is 6.07. The number of hydrogen-bond donors (Lipinski definition) is 1. The molecule has 1 amide bonds. The van der Waals surface area contributed by atoms with E-state index in [-0.39, 0.29) is 30.0 Å². The predicted molar refractivity (Wildman–Crippen MR) is 87.8 cm³/mol. The molecule has 0 radical (unpaired) electrons. The van der Waals surface area contributed by atoms with Crippen LogP contribution in [0, 0.1) is 5.92 Å². The Bertz CT molecular complexity index is 741. The highest BCUT2D eigenvalue weighted by molar-refractivity contribution is 7.88. The lowest BCUT2D eigenvalue weighted by atomic mass is 9.98. The van der Waals surface area contributed by atoms with E-state index in [9.17, 15) is 18.0 Å². The lowest BCUT2D eigenvalue weighted by Crippen LogP contribution is -2.41. The molecule has 2 atom stereocenters. The Kier molecular flexibility index (Phi) is 5.26. The van der Waals surface area contributed by atoms with Gasteiger partial charge in [0, 0.05) is 44.0 Å². The van der Waals surface area contributed by atoms with Crippen molar-refractivity contribution in [1.29, 1.82) is 0 Å². The highest BCUT2D eigenvalue weighted by atomic mass is 32.2. The van der Waals surface area contributed by atoms with E-state index >= 15 is 0 Å². The van der Waals surface area contributed by atoms with Gasteiger partial charge in [-0.25, -0.2) is 8.42 Å². The second kappa shape index (κ2) is 6.84. The van der Waals surface area contributed by atoms with Crippen LogP contribution in [0.4, 0.5) is 0 Å². The van der Waals surface area contributed by atoms with Crippen molar-refractivity contribution in [2.24, 2.45) is 13.0 Å². The molecule has 2 unspecified atom stereocenters. The lowest BCUT2D eigenvalue weighted by molar-refractivity contribution is 0.0929. The first-order valence-corrected chi connectivity index (χ1v) is 9.50. The molecule has 1 aliphatic rings. The van der Waals surface area contributed by atoms with E-state index in [2.05, 4.69) is 5.32 Å². The number of rotatable bonds is 5. The molecule has 8 heteroatoms. The van der Waals surface area contributed by atoms with E-state index < -0.39 is 10.0 Å². The van der Waals surface area contributed by atoms with Crippen LogP contribution in [0.1, 0.15) is 30.1 Å². The minimum absolute atomic E-state index is 0.0882. The molecule has 1 N–H and O–H groups in total. The van der Waals surface area contributed by atoms with Gasteiger partial charge in [0.25, 0.3) is 11.5 Å². The topological polar surface area (TPSA) is 88.5 Å². The third kappa shape index (κ3) is 4.20. The summed E-state index contributed by atoms with van der Waals surface area (Å²) >= 11 is 0. The molecule has 128 valence electrons. The molecule has 1 aromatic heterocycles. The standard InChI is InChI=1S/C15H23N3O4S/c1-4-5-12-9-18(23(3,21)22)10-13(12)16-15(20)11-6-7-17(2)14(19)8-11/h6-8,12-13H,4-5,9-10H2,1-3H3,(H,16,20). The molecule has 0 spiro atoms. The van der Waals surface area contributed by atoms with Crippen molar-refractivity contribution >= 4 is 15.9 Å². The third-order valence-corrected chi connectivity index (χ3v) is 5.46. The predicted octanol–water partition coefficient (Wildman–Crippen LogP) is 0.175.